The maximum atomic E-state index is 6.11. The minimum atomic E-state index is 0.305. The van der Waals surface area contributed by atoms with Crippen LogP contribution in [-0.2, 0) is 6.42 Å². The van der Waals surface area contributed by atoms with Gasteiger partial charge in [0, 0.05) is 17.1 Å². The molecule has 0 saturated carbocycles. The first kappa shape index (κ1) is 14.6. The largest absolute Gasteiger partial charge is 0.303 e. The van der Waals surface area contributed by atoms with Crippen LogP contribution in [0.3, 0.4) is 0 Å². The molecule has 2 aromatic rings. The van der Waals surface area contributed by atoms with Crippen LogP contribution < -0.4 is 5.32 Å². The molecule has 1 nitrogen and oxygen atoms in total. The van der Waals surface area contributed by atoms with Crippen LogP contribution in [-0.4, -0.2) is 0 Å². The fourth-order valence-corrected chi connectivity index (χ4v) is 3.47. The fraction of sp³-hybridized carbons (Fsp3) is 0.368. The molecule has 0 fully saturated rings. The monoisotopic (exact) mass is 299 g/mol. The van der Waals surface area contributed by atoms with Gasteiger partial charge in [0.25, 0.3) is 0 Å². The van der Waals surface area contributed by atoms with Gasteiger partial charge in [-0.3, -0.25) is 0 Å². The molecule has 0 aromatic heterocycles. The highest BCUT2D eigenvalue weighted by Crippen LogP contribution is 2.31. The van der Waals surface area contributed by atoms with E-state index in [2.05, 4.69) is 48.6 Å². The van der Waals surface area contributed by atoms with Crippen LogP contribution in [0.2, 0.25) is 5.02 Å². The summed E-state index contributed by atoms with van der Waals surface area (Å²) < 4.78 is 0. The summed E-state index contributed by atoms with van der Waals surface area (Å²) in [6, 6.07) is 17.8. The number of hydrogen-bond donors (Lipinski definition) is 1. The first-order valence-electron chi connectivity index (χ1n) is 7.83. The molecule has 0 heterocycles. The van der Waals surface area contributed by atoms with E-state index in [0.717, 1.165) is 5.02 Å². The maximum absolute atomic E-state index is 6.11. The van der Waals surface area contributed by atoms with Crippen molar-refractivity contribution in [3.05, 3.63) is 70.2 Å². The third kappa shape index (κ3) is 3.48. The molecule has 2 heteroatoms. The van der Waals surface area contributed by atoms with Gasteiger partial charge in [-0.05, 0) is 55.0 Å². The van der Waals surface area contributed by atoms with Crippen molar-refractivity contribution in [2.75, 3.05) is 0 Å². The van der Waals surface area contributed by atoms with Gasteiger partial charge in [0.05, 0.1) is 0 Å². The van der Waals surface area contributed by atoms with Gasteiger partial charge in [0.15, 0.2) is 0 Å². The minimum Gasteiger partial charge on any atom is -0.303 e. The number of benzene rings is 2. The van der Waals surface area contributed by atoms with Crippen molar-refractivity contribution >= 4 is 11.6 Å². The Morgan fingerprint density at radius 1 is 1.10 bits per heavy atom. The molecule has 3 rings (SSSR count). The summed E-state index contributed by atoms with van der Waals surface area (Å²) in [6.45, 7) is 2.22. The molecule has 1 aliphatic carbocycles. The SMILES string of the molecule is C[C@@H](NC1CCCCc2ccccc21)c1cccc(Cl)c1. The zero-order valence-electron chi connectivity index (χ0n) is 12.5. The van der Waals surface area contributed by atoms with E-state index in [0.29, 0.717) is 12.1 Å². The maximum Gasteiger partial charge on any atom is 0.0409 e. The fourth-order valence-electron chi connectivity index (χ4n) is 3.27. The van der Waals surface area contributed by atoms with Crippen molar-refractivity contribution in [2.45, 2.75) is 44.7 Å². The minimum absolute atomic E-state index is 0.305. The molecule has 2 aromatic carbocycles. The summed E-state index contributed by atoms with van der Waals surface area (Å²) in [5.41, 5.74) is 4.24. The van der Waals surface area contributed by atoms with E-state index in [1.807, 2.05) is 12.1 Å². The van der Waals surface area contributed by atoms with Gasteiger partial charge >= 0.3 is 0 Å². The quantitative estimate of drug-likeness (QED) is 0.742. The normalized spacial score (nSPS) is 19.6. The van der Waals surface area contributed by atoms with E-state index in [-0.39, 0.29) is 0 Å². The Kier molecular flexibility index (Phi) is 4.62. The Morgan fingerprint density at radius 3 is 2.81 bits per heavy atom. The van der Waals surface area contributed by atoms with Crippen molar-refractivity contribution in [3.8, 4) is 0 Å². The van der Waals surface area contributed by atoms with Gasteiger partial charge < -0.3 is 5.32 Å². The Hall–Kier alpha value is -1.31. The molecule has 2 atom stereocenters. The van der Waals surface area contributed by atoms with Crippen molar-refractivity contribution in [1.29, 1.82) is 0 Å². The van der Waals surface area contributed by atoms with Crippen LogP contribution in [0.4, 0.5) is 0 Å². The number of halogens is 1. The number of rotatable bonds is 3. The lowest BCUT2D eigenvalue weighted by molar-refractivity contribution is 0.437. The number of aryl methyl sites for hydroxylation is 1. The highest BCUT2D eigenvalue weighted by molar-refractivity contribution is 6.30. The van der Waals surface area contributed by atoms with Crippen molar-refractivity contribution in [2.24, 2.45) is 0 Å². The van der Waals surface area contributed by atoms with E-state index in [4.69, 9.17) is 11.6 Å². The van der Waals surface area contributed by atoms with Crippen LogP contribution in [0.25, 0.3) is 0 Å². The lowest BCUT2D eigenvalue weighted by atomic mass is 9.97. The number of hydrogen-bond acceptors (Lipinski definition) is 1. The zero-order valence-corrected chi connectivity index (χ0v) is 13.2. The molecule has 21 heavy (non-hydrogen) atoms. The summed E-state index contributed by atoms with van der Waals surface area (Å²) in [5.74, 6) is 0. The Balaban J connectivity index is 1.81. The second kappa shape index (κ2) is 6.64. The van der Waals surface area contributed by atoms with Crippen LogP contribution in [0.5, 0.6) is 0 Å². The van der Waals surface area contributed by atoms with Gasteiger partial charge in [-0.15, -0.1) is 0 Å². The van der Waals surface area contributed by atoms with E-state index in [1.54, 1.807) is 0 Å². The Bertz CT molecular complexity index is 608. The molecule has 1 unspecified atom stereocenters. The predicted molar refractivity (Wildman–Crippen MR) is 89.7 cm³/mol. The molecule has 110 valence electrons. The predicted octanol–water partition coefficient (Wildman–Crippen LogP) is 5.46. The molecular formula is C19H22ClN. The molecule has 0 bridgehead atoms. The Labute approximate surface area is 132 Å². The standard InChI is InChI=1S/C19H22ClN/c1-14(16-9-6-10-17(20)13-16)21-19-12-5-3-8-15-7-2-4-11-18(15)19/h2,4,6-7,9-11,13-14,19,21H,3,5,8,12H2,1H3/t14-,19?/m1/s1. The average Bonchev–Trinajstić information content (AvgIpc) is 2.70. The van der Waals surface area contributed by atoms with Gasteiger partial charge in [-0.1, -0.05) is 54.4 Å². The lowest BCUT2D eigenvalue weighted by Crippen LogP contribution is -2.25. The summed E-state index contributed by atoms with van der Waals surface area (Å²) in [6.07, 6.45) is 5.00. The van der Waals surface area contributed by atoms with E-state index in [1.165, 1.54) is 42.4 Å². The van der Waals surface area contributed by atoms with Gasteiger partial charge in [0.2, 0.25) is 0 Å². The molecule has 1 aliphatic rings. The topological polar surface area (TPSA) is 12.0 Å². The van der Waals surface area contributed by atoms with E-state index < -0.39 is 0 Å². The molecule has 0 saturated heterocycles. The van der Waals surface area contributed by atoms with E-state index in [9.17, 15) is 0 Å². The van der Waals surface area contributed by atoms with Gasteiger partial charge in [0.1, 0.15) is 0 Å². The second-order valence-electron chi connectivity index (χ2n) is 5.94. The molecule has 1 N–H and O–H groups in total. The van der Waals surface area contributed by atoms with Crippen LogP contribution in [0.1, 0.15) is 55.0 Å². The van der Waals surface area contributed by atoms with Gasteiger partial charge in [-0.25, -0.2) is 0 Å². The second-order valence-corrected chi connectivity index (χ2v) is 6.38. The average molecular weight is 300 g/mol. The molecule has 0 radical (unpaired) electrons. The summed E-state index contributed by atoms with van der Waals surface area (Å²) in [4.78, 5) is 0. The third-order valence-electron chi connectivity index (χ3n) is 4.42. The van der Waals surface area contributed by atoms with Crippen molar-refractivity contribution in [3.63, 3.8) is 0 Å². The first-order valence-corrected chi connectivity index (χ1v) is 8.21. The van der Waals surface area contributed by atoms with Crippen LogP contribution in [0, 0.1) is 0 Å². The van der Waals surface area contributed by atoms with Crippen molar-refractivity contribution < 1.29 is 0 Å². The molecule has 0 amide bonds. The molecular weight excluding hydrogens is 278 g/mol. The summed E-state index contributed by atoms with van der Waals surface area (Å²) >= 11 is 6.11. The zero-order chi connectivity index (χ0) is 14.7. The van der Waals surface area contributed by atoms with E-state index >= 15 is 0 Å². The summed E-state index contributed by atoms with van der Waals surface area (Å²) in [5, 5.41) is 4.61. The van der Waals surface area contributed by atoms with Crippen LogP contribution in [0.15, 0.2) is 48.5 Å². The first-order chi connectivity index (χ1) is 10.2. The number of nitrogens with one attached hydrogen (secondary N) is 1. The lowest BCUT2D eigenvalue weighted by Gasteiger charge is -2.24. The van der Waals surface area contributed by atoms with Gasteiger partial charge in [-0.2, -0.15) is 0 Å². The smallest absolute Gasteiger partial charge is 0.0409 e. The van der Waals surface area contributed by atoms with Crippen molar-refractivity contribution in [1.82, 2.24) is 5.32 Å². The third-order valence-corrected chi connectivity index (χ3v) is 4.65. The van der Waals surface area contributed by atoms with Crippen LogP contribution >= 0.6 is 11.6 Å². The molecule has 0 spiro atoms. The number of fused-ring (bicyclic) bond motifs is 1. The highest BCUT2D eigenvalue weighted by Gasteiger charge is 2.20. The Morgan fingerprint density at radius 2 is 1.95 bits per heavy atom. The molecule has 0 aliphatic heterocycles. The summed E-state index contributed by atoms with van der Waals surface area (Å²) in [7, 11) is 0. The highest BCUT2D eigenvalue weighted by atomic mass is 35.5.